The predicted octanol–water partition coefficient (Wildman–Crippen LogP) is 1.59. The number of carbonyl (C=O) groups is 2. The van der Waals surface area contributed by atoms with E-state index in [-0.39, 0.29) is 29.2 Å². The number of methoxy groups -OCH3 is 1. The first-order valence-electron chi connectivity index (χ1n) is 5.03. The van der Waals surface area contributed by atoms with Crippen LogP contribution in [-0.2, 0) is 4.74 Å². The van der Waals surface area contributed by atoms with Gasteiger partial charge in [0.05, 0.1) is 24.2 Å². The van der Waals surface area contributed by atoms with Gasteiger partial charge in [0.15, 0.2) is 6.29 Å². The quantitative estimate of drug-likeness (QED) is 0.342. The number of benzene rings is 1. The SMILES string of the molecule is CCOC(=O)c1cc([N+](=O)[O-])cc(C=O)c1OC. The first kappa shape index (κ1) is 13.6. The lowest BCUT2D eigenvalue weighted by Crippen LogP contribution is -2.09. The number of nitro groups is 1. The molecule has 0 fully saturated rings. The summed E-state index contributed by atoms with van der Waals surface area (Å²) >= 11 is 0. The summed E-state index contributed by atoms with van der Waals surface area (Å²) in [5.41, 5.74) is -0.591. The number of hydrogen-bond donors (Lipinski definition) is 0. The van der Waals surface area contributed by atoms with E-state index in [1.807, 2.05) is 0 Å². The minimum atomic E-state index is -0.777. The minimum Gasteiger partial charge on any atom is -0.495 e. The summed E-state index contributed by atoms with van der Waals surface area (Å²) in [5, 5.41) is 10.7. The van der Waals surface area contributed by atoms with Crippen LogP contribution in [0.25, 0.3) is 0 Å². The van der Waals surface area contributed by atoms with Crippen LogP contribution in [0.5, 0.6) is 5.75 Å². The van der Waals surface area contributed by atoms with Crippen LogP contribution in [0.4, 0.5) is 5.69 Å². The monoisotopic (exact) mass is 253 g/mol. The van der Waals surface area contributed by atoms with Gasteiger partial charge in [0.25, 0.3) is 5.69 Å². The average molecular weight is 253 g/mol. The molecule has 96 valence electrons. The van der Waals surface area contributed by atoms with Crippen LogP contribution < -0.4 is 4.74 Å². The van der Waals surface area contributed by atoms with Gasteiger partial charge in [-0.1, -0.05) is 0 Å². The third kappa shape index (κ3) is 2.62. The number of nitrogens with zero attached hydrogens (tertiary/aromatic N) is 1. The highest BCUT2D eigenvalue weighted by Gasteiger charge is 2.22. The largest absolute Gasteiger partial charge is 0.495 e. The van der Waals surface area contributed by atoms with Crippen molar-refractivity contribution in [2.75, 3.05) is 13.7 Å². The highest BCUT2D eigenvalue weighted by Crippen LogP contribution is 2.28. The maximum absolute atomic E-state index is 11.6. The van der Waals surface area contributed by atoms with Crippen molar-refractivity contribution in [2.45, 2.75) is 6.92 Å². The lowest BCUT2D eigenvalue weighted by Gasteiger charge is -2.09. The van der Waals surface area contributed by atoms with Gasteiger partial charge in [-0.25, -0.2) is 4.79 Å². The van der Waals surface area contributed by atoms with E-state index in [1.165, 1.54) is 7.11 Å². The lowest BCUT2D eigenvalue weighted by molar-refractivity contribution is -0.384. The Bertz CT molecular complexity index is 497. The van der Waals surface area contributed by atoms with Gasteiger partial charge >= 0.3 is 5.97 Å². The molecule has 0 saturated carbocycles. The van der Waals surface area contributed by atoms with Crippen LogP contribution >= 0.6 is 0 Å². The zero-order valence-electron chi connectivity index (χ0n) is 9.84. The predicted molar refractivity (Wildman–Crippen MR) is 61.0 cm³/mol. The van der Waals surface area contributed by atoms with E-state index in [2.05, 4.69) is 0 Å². The Morgan fingerprint density at radius 1 is 1.50 bits per heavy atom. The second-order valence-electron chi connectivity index (χ2n) is 3.21. The summed E-state index contributed by atoms with van der Waals surface area (Å²) in [7, 11) is 1.26. The second kappa shape index (κ2) is 5.76. The summed E-state index contributed by atoms with van der Waals surface area (Å²) in [5.74, 6) is -0.810. The summed E-state index contributed by atoms with van der Waals surface area (Å²) in [4.78, 5) is 32.5. The van der Waals surface area contributed by atoms with Crippen molar-refractivity contribution in [3.63, 3.8) is 0 Å². The first-order valence-corrected chi connectivity index (χ1v) is 5.03. The highest BCUT2D eigenvalue weighted by molar-refractivity contribution is 5.97. The molecule has 0 heterocycles. The zero-order valence-corrected chi connectivity index (χ0v) is 9.84. The number of nitro benzene ring substituents is 1. The molecule has 0 saturated heterocycles. The Hall–Kier alpha value is -2.44. The van der Waals surface area contributed by atoms with Gasteiger partial charge in [-0.15, -0.1) is 0 Å². The third-order valence-corrected chi connectivity index (χ3v) is 2.14. The molecule has 7 heteroatoms. The maximum Gasteiger partial charge on any atom is 0.342 e. The van der Waals surface area contributed by atoms with E-state index in [0.29, 0.717) is 6.29 Å². The van der Waals surface area contributed by atoms with Gasteiger partial charge in [-0.3, -0.25) is 14.9 Å². The van der Waals surface area contributed by atoms with Crippen LogP contribution in [0.1, 0.15) is 27.6 Å². The molecular weight excluding hydrogens is 242 g/mol. The molecule has 0 amide bonds. The molecule has 0 bridgehead atoms. The number of esters is 1. The summed E-state index contributed by atoms with van der Waals surface area (Å²) in [6.45, 7) is 1.71. The molecule has 0 atom stereocenters. The van der Waals surface area contributed by atoms with E-state index < -0.39 is 10.9 Å². The fourth-order valence-corrected chi connectivity index (χ4v) is 1.42. The van der Waals surface area contributed by atoms with E-state index in [9.17, 15) is 19.7 Å². The lowest BCUT2D eigenvalue weighted by atomic mass is 10.1. The van der Waals surface area contributed by atoms with Gasteiger partial charge in [-0.05, 0) is 6.92 Å². The number of rotatable bonds is 5. The number of hydrogen-bond acceptors (Lipinski definition) is 6. The Labute approximate surface area is 102 Å². The van der Waals surface area contributed by atoms with Crippen molar-refractivity contribution < 1.29 is 24.0 Å². The third-order valence-electron chi connectivity index (χ3n) is 2.14. The smallest absolute Gasteiger partial charge is 0.342 e. The Balaban J connectivity index is 3.44. The molecule has 0 N–H and O–H groups in total. The van der Waals surface area contributed by atoms with Crippen LogP contribution in [0.3, 0.4) is 0 Å². The van der Waals surface area contributed by atoms with Gasteiger partial charge < -0.3 is 9.47 Å². The van der Waals surface area contributed by atoms with Gasteiger partial charge in [-0.2, -0.15) is 0 Å². The Kier molecular flexibility index (Phi) is 4.36. The number of non-ortho nitro benzene ring substituents is 1. The second-order valence-corrected chi connectivity index (χ2v) is 3.21. The Morgan fingerprint density at radius 2 is 2.17 bits per heavy atom. The number of aldehydes is 1. The first-order chi connectivity index (χ1) is 8.54. The van der Waals surface area contributed by atoms with Crippen molar-refractivity contribution in [3.8, 4) is 5.75 Å². The summed E-state index contributed by atoms with van der Waals surface area (Å²) in [6, 6.07) is 2.05. The zero-order chi connectivity index (χ0) is 13.7. The molecule has 18 heavy (non-hydrogen) atoms. The molecule has 7 nitrogen and oxygen atoms in total. The molecular formula is C11H11NO6. The molecule has 0 aliphatic rings. The number of carbonyl (C=O) groups excluding carboxylic acids is 2. The van der Waals surface area contributed by atoms with Crippen molar-refractivity contribution in [2.24, 2.45) is 0 Å². The van der Waals surface area contributed by atoms with E-state index in [0.717, 1.165) is 12.1 Å². The van der Waals surface area contributed by atoms with Crippen molar-refractivity contribution >= 4 is 17.9 Å². The van der Waals surface area contributed by atoms with Gasteiger partial charge in [0.2, 0.25) is 0 Å². The van der Waals surface area contributed by atoms with Crippen LogP contribution in [-0.4, -0.2) is 30.9 Å². The molecule has 0 aromatic heterocycles. The van der Waals surface area contributed by atoms with E-state index in [4.69, 9.17) is 9.47 Å². The topological polar surface area (TPSA) is 95.7 Å². The van der Waals surface area contributed by atoms with E-state index in [1.54, 1.807) is 6.92 Å². The summed E-state index contributed by atoms with van der Waals surface area (Å²) < 4.78 is 9.66. The van der Waals surface area contributed by atoms with Crippen LogP contribution in [0.2, 0.25) is 0 Å². The fourth-order valence-electron chi connectivity index (χ4n) is 1.42. The molecule has 0 spiro atoms. The van der Waals surface area contributed by atoms with Gasteiger partial charge in [0, 0.05) is 12.1 Å². The van der Waals surface area contributed by atoms with Crippen molar-refractivity contribution in [1.82, 2.24) is 0 Å². The van der Waals surface area contributed by atoms with Crippen LogP contribution in [0.15, 0.2) is 12.1 Å². The number of ether oxygens (including phenoxy) is 2. The van der Waals surface area contributed by atoms with Crippen LogP contribution in [0, 0.1) is 10.1 Å². The average Bonchev–Trinajstić information content (AvgIpc) is 2.37. The maximum atomic E-state index is 11.6. The molecule has 1 aromatic rings. The standard InChI is InChI=1S/C11H11NO6/c1-3-18-11(14)9-5-8(12(15)16)4-7(6-13)10(9)17-2/h4-6H,3H2,1-2H3. The minimum absolute atomic E-state index is 0.0333. The molecule has 1 rings (SSSR count). The molecule has 0 radical (unpaired) electrons. The van der Waals surface area contributed by atoms with Crippen molar-refractivity contribution in [1.29, 1.82) is 0 Å². The summed E-state index contributed by atoms with van der Waals surface area (Å²) in [6.07, 6.45) is 0.383. The molecule has 1 aromatic carbocycles. The van der Waals surface area contributed by atoms with Gasteiger partial charge in [0.1, 0.15) is 11.3 Å². The highest BCUT2D eigenvalue weighted by atomic mass is 16.6. The normalized spacial score (nSPS) is 9.67. The van der Waals surface area contributed by atoms with E-state index >= 15 is 0 Å². The molecule has 0 unspecified atom stereocenters. The van der Waals surface area contributed by atoms with Crippen molar-refractivity contribution in [3.05, 3.63) is 33.4 Å². The Morgan fingerprint density at radius 3 is 2.61 bits per heavy atom. The molecule has 0 aliphatic carbocycles. The fraction of sp³-hybridized carbons (Fsp3) is 0.273. The molecule has 0 aliphatic heterocycles.